The van der Waals surface area contributed by atoms with E-state index in [-0.39, 0.29) is 13.0 Å². The molecule has 1 atom stereocenters. The molecule has 1 amide bonds. The lowest BCUT2D eigenvalue weighted by atomic mass is 9.80. The van der Waals surface area contributed by atoms with Gasteiger partial charge in [0.2, 0.25) is 0 Å². The predicted molar refractivity (Wildman–Crippen MR) is 127 cm³/mol. The van der Waals surface area contributed by atoms with Crippen molar-refractivity contribution in [2.24, 2.45) is 5.92 Å². The number of rotatable bonds is 6. The average molecular weight is 440 g/mol. The van der Waals surface area contributed by atoms with Crippen molar-refractivity contribution in [3.05, 3.63) is 77.0 Å². The van der Waals surface area contributed by atoms with Crippen LogP contribution in [0.2, 0.25) is 0 Å². The molecule has 0 fully saturated rings. The SMILES string of the molecule is C[C@H]1C/C(=C/c2ccccc2)c2nc3ccccc3c(C(=O)OCC(=O)NCCC#N)c2C1. The van der Waals surface area contributed by atoms with Gasteiger partial charge in [-0.3, -0.25) is 4.79 Å². The van der Waals surface area contributed by atoms with Crippen LogP contribution in [0.5, 0.6) is 0 Å². The van der Waals surface area contributed by atoms with Gasteiger partial charge in [-0.25, -0.2) is 9.78 Å². The molecule has 0 saturated carbocycles. The Labute approximate surface area is 192 Å². The van der Waals surface area contributed by atoms with Crippen molar-refractivity contribution in [3.8, 4) is 6.07 Å². The number of nitrogens with one attached hydrogen (secondary N) is 1. The Hall–Kier alpha value is -3.98. The second-order valence-corrected chi connectivity index (χ2v) is 8.26. The molecule has 0 aliphatic heterocycles. The van der Waals surface area contributed by atoms with Crippen LogP contribution >= 0.6 is 0 Å². The minimum Gasteiger partial charge on any atom is -0.452 e. The van der Waals surface area contributed by atoms with Crippen LogP contribution in [0, 0.1) is 17.2 Å². The highest BCUT2D eigenvalue weighted by Gasteiger charge is 2.29. The molecule has 1 aliphatic carbocycles. The topological polar surface area (TPSA) is 92.1 Å². The van der Waals surface area contributed by atoms with Gasteiger partial charge in [-0.1, -0.05) is 55.5 Å². The van der Waals surface area contributed by atoms with E-state index in [1.807, 2.05) is 60.7 Å². The lowest BCUT2D eigenvalue weighted by molar-refractivity contribution is -0.124. The quantitative estimate of drug-likeness (QED) is 0.450. The molecule has 0 bridgehead atoms. The molecule has 0 spiro atoms. The Balaban J connectivity index is 1.73. The molecule has 6 heteroatoms. The molecular formula is C27H25N3O3. The van der Waals surface area contributed by atoms with Crippen LogP contribution in [-0.4, -0.2) is 30.0 Å². The third-order valence-corrected chi connectivity index (χ3v) is 5.66. The van der Waals surface area contributed by atoms with Gasteiger partial charge in [0, 0.05) is 11.9 Å². The number of pyridine rings is 1. The van der Waals surface area contributed by atoms with E-state index in [2.05, 4.69) is 18.3 Å². The molecule has 166 valence electrons. The first-order chi connectivity index (χ1) is 16.1. The van der Waals surface area contributed by atoms with E-state index >= 15 is 0 Å². The summed E-state index contributed by atoms with van der Waals surface area (Å²) >= 11 is 0. The van der Waals surface area contributed by atoms with Gasteiger partial charge in [-0.2, -0.15) is 5.26 Å². The maximum atomic E-state index is 13.2. The summed E-state index contributed by atoms with van der Waals surface area (Å²) in [4.78, 5) is 30.2. The minimum absolute atomic E-state index is 0.205. The van der Waals surface area contributed by atoms with Crippen LogP contribution < -0.4 is 5.32 Å². The molecule has 33 heavy (non-hydrogen) atoms. The van der Waals surface area contributed by atoms with E-state index < -0.39 is 18.5 Å². The van der Waals surface area contributed by atoms with Crippen LogP contribution in [0.1, 0.15) is 46.9 Å². The van der Waals surface area contributed by atoms with Crippen molar-refractivity contribution in [2.45, 2.75) is 26.2 Å². The number of nitriles is 1. The summed E-state index contributed by atoms with van der Waals surface area (Å²) in [6, 6.07) is 19.6. The molecule has 0 unspecified atom stereocenters. The van der Waals surface area contributed by atoms with Gasteiger partial charge >= 0.3 is 5.97 Å². The fraction of sp³-hybridized carbons (Fsp3) is 0.259. The van der Waals surface area contributed by atoms with Crippen molar-refractivity contribution in [1.82, 2.24) is 10.3 Å². The number of ether oxygens (including phenoxy) is 1. The van der Waals surface area contributed by atoms with Gasteiger partial charge in [0.1, 0.15) is 0 Å². The third kappa shape index (κ3) is 5.09. The number of amides is 1. The van der Waals surface area contributed by atoms with Crippen molar-refractivity contribution in [2.75, 3.05) is 13.2 Å². The molecular weight excluding hydrogens is 414 g/mol. The summed E-state index contributed by atoms with van der Waals surface area (Å²) in [6.07, 6.45) is 3.91. The summed E-state index contributed by atoms with van der Waals surface area (Å²) in [5.74, 6) is -0.631. The number of benzene rings is 2. The number of allylic oxidation sites excluding steroid dienone is 1. The van der Waals surface area contributed by atoms with E-state index in [9.17, 15) is 9.59 Å². The molecule has 0 radical (unpaired) electrons. The molecule has 1 N–H and O–H groups in total. The molecule has 1 aromatic heterocycles. The summed E-state index contributed by atoms with van der Waals surface area (Å²) in [5.41, 5.74) is 5.05. The lowest BCUT2D eigenvalue weighted by Gasteiger charge is -2.26. The molecule has 1 aliphatic rings. The van der Waals surface area contributed by atoms with Crippen LogP contribution in [0.3, 0.4) is 0 Å². The zero-order chi connectivity index (χ0) is 23.2. The molecule has 2 aromatic carbocycles. The van der Waals surface area contributed by atoms with E-state index in [0.717, 1.165) is 39.7 Å². The Bertz CT molecular complexity index is 1260. The number of nitrogens with zero attached hydrogens (tertiary/aromatic N) is 2. The van der Waals surface area contributed by atoms with Gasteiger partial charge in [0.05, 0.1) is 29.3 Å². The monoisotopic (exact) mass is 439 g/mol. The van der Waals surface area contributed by atoms with E-state index in [1.54, 1.807) is 0 Å². The Morgan fingerprint density at radius 3 is 2.70 bits per heavy atom. The first-order valence-corrected chi connectivity index (χ1v) is 11.0. The van der Waals surface area contributed by atoms with Crippen LogP contribution in [0.15, 0.2) is 54.6 Å². The maximum Gasteiger partial charge on any atom is 0.339 e. The average Bonchev–Trinajstić information content (AvgIpc) is 2.82. The Morgan fingerprint density at radius 1 is 1.15 bits per heavy atom. The van der Waals surface area contributed by atoms with Crippen LogP contribution in [-0.2, 0) is 16.0 Å². The lowest BCUT2D eigenvalue weighted by Crippen LogP contribution is -2.30. The summed E-state index contributed by atoms with van der Waals surface area (Å²) in [7, 11) is 0. The maximum absolute atomic E-state index is 13.2. The summed E-state index contributed by atoms with van der Waals surface area (Å²) in [6.45, 7) is 2.00. The van der Waals surface area contributed by atoms with E-state index in [4.69, 9.17) is 15.0 Å². The van der Waals surface area contributed by atoms with E-state index in [0.29, 0.717) is 17.9 Å². The van der Waals surface area contributed by atoms with Gasteiger partial charge in [0.15, 0.2) is 6.61 Å². The Morgan fingerprint density at radius 2 is 1.91 bits per heavy atom. The van der Waals surface area contributed by atoms with E-state index in [1.165, 1.54) is 0 Å². The van der Waals surface area contributed by atoms with Crippen molar-refractivity contribution in [3.63, 3.8) is 0 Å². The highest BCUT2D eigenvalue weighted by atomic mass is 16.5. The van der Waals surface area contributed by atoms with Crippen LogP contribution in [0.4, 0.5) is 0 Å². The predicted octanol–water partition coefficient (Wildman–Crippen LogP) is 4.54. The van der Waals surface area contributed by atoms with Gasteiger partial charge in [-0.15, -0.1) is 0 Å². The Kier molecular flexibility index (Phi) is 6.80. The normalized spacial score (nSPS) is 16.1. The number of carbonyl (C=O) groups is 2. The van der Waals surface area contributed by atoms with Crippen molar-refractivity contribution < 1.29 is 14.3 Å². The largest absolute Gasteiger partial charge is 0.452 e. The fourth-order valence-electron chi connectivity index (χ4n) is 4.23. The minimum atomic E-state index is -0.534. The smallest absolute Gasteiger partial charge is 0.339 e. The number of fused-ring (bicyclic) bond motifs is 2. The summed E-state index contributed by atoms with van der Waals surface area (Å²) in [5, 5.41) is 11.9. The second kappa shape index (κ2) is 10.1. The first-order valence-electron chi connectivity index (χ1n) is 11.0. The second-order valence-electron chi connectivity index (χ2n) is 8.26. The van der Waals surface area contributed by atoms with Crippen molar-refractivity contribution >= 4 is 34.4 Å². The number of aromatic nitrogens is 1. The first kappa shape index (κ1) is 22.2. The highest BCUT2D eigenvalue weighted by molar-refractivity contribution is 6.07. The molecule has 1 heterocycles. The highest BCUT2D eigenvalue weighted by Crippen LogP contribution is 2.38. The molecule has 4 rings (SSSR count). The summed E-state index contributed by atoms with van der Waals surface area (Å²) < 4.78 is 5.40. The zero-order valence-electron chi connectivity index (χ0n) is 18.5. The standard InChI is InChI=1S/C27H25N3O3/c1-18-14-20(16-19-8-3-2-4-9-19)26-22(15-18)25(21-10-5-6-11-23(21)30-26)27(32)33-17-24(31)29-13-7-12-28/h2-6,8-11,16,18H,7,13-15,17H2,1H3,(H,29,31)/b20-16-/t18-/m0/s1. The zero-order valence-corrected chi connectivity index (χ0v) is 18.5. The van der Waals surface area contributed by atoms with Crippen molar-refractivity contribution in [1.29, 1.82) is 5.26 Å². The van der Waals surface area contributed by atoms with Gasteiger partial charge in [-0.05, 0) is 47.6 Å². The number of hydrogen-bond acceptors (Lipinski definition) is 5. The molecule has 6 nitrogen and oxygen atoms in total. The van der Waals surface area contributed by atoms with Crippen LogP contribution in [0.25, 0.3) is 22.6 Å². The number of para-hydroxylation sites is 1. The van der Waals surface area contributed by atoms with Gasteiger partial charge in [0.25, 0.3) is 5.91 Å². The molecule has 0 saturated heterocycles. The fourth-order valence-corrected chi connectivity index (χ4v) is 4.23. The van der Waals surface area contributed by atoms with Gasteiger partial charge < -0.3 is 10.1 Å². The number of carbonyl (C=O) groups excluding carboxylic acids is 2. The third-order valence-electron chi connectivity index (χ3n) is 5.66. The number of esters is 1. The number of hydrogen-bond donors (Lipinski definition) is 1. The molecule has 3 aromatic rings.